The Morgan fingerprint density at radius 3 is 2.18 bits per heavy atom. The highest BCUT2D eigenvalue weighted by Crippen LogP contribution is 2.24. The van der Waals surface area contributed by atoms with E-state index in [1.165, 1.54) is 10.7 Å². The molecule has 1 unspecified atom stereocenters. The van der Waals surface area contributed by atoms with E-state index in [2.05, 4.69) is 4.90 Å². The molecule has 1 atom stereocenters. The molecule has 0 aromatic carbocycles. The van der Waals surface area contributed by atoms with Crippen molar-refractivity contribution in [2.45, 2.75) is 51.5 Å². The van der Waals surface area contributed by atoms with Crippen molar-refractivity contribution < 1.29 is 18.0 Å². The molecule has 3 rings (SSSR count). The van der Waals surface area contributed by atoms with Gasteiger partial charge in [0.15, 0.2) is 0 Å². The van der Waals surface area contributed by atoms with Gasteiger partial charge in [0.05, 0.1) is 12.3 Å². The fourth-order valence-corrected chi connectivity index (χ4v) is 6.21. The van der Waals surface area contributed by atoms with E-state index in [4.69, 9.17) is 0 Å². The molecule has 0 aromatic heterocycles. The van der Waals surface area contributed by atoms with Crippen molar-refractivity contribution in [3.8, 4) is 0 Å². The van der Waals surface area contributed by atoms with Crippen LogP contribution in [0, 0.1) is 0 Å². The van der Waals surface area contributed by atoms with Gasteiger partial charge in [0.25, 0.3) is 0 Å². The Bertz CT molecular complexity index is 655. The monoisotopic (exact) mass is 414 g/mol. The molecule has 3 heterocycles. The molecule has 3 aliphatic rings. The summed E-state index contributed by atoms with van der Waals surface area (Å²) in [5.41, 5.74) is 0. The Hall–Kier alpha value is -1.19. The van der Waals surface area contributed by atoms with E-state index in [0.29, 0.717) is 52.1 Å². The van der Waals surface area contributed by atoms with Crippen LogP contribution >= 0.6 is 0 Å². The fraction of sp³-hybridized carbons (Fsp3) is 0.895. The third-order valence-corrected chi connectivity index (χ3v) is 8.14. The SMILES string of the molecule is CCCS(=O)(=O)N1CCCC1C(=O)N1CCN(CC(=O)N2CCCCC2)CC1. The number of nitrogens with zero attached hydrogens (tertiary/aromatic N) is 4. The second kappa shape index (κ2) is 9.54. The van der Waals surface area contributed by atoms with Gasteiger partial charge in [0.1, 0.15) is 6.04 Å². The molecule has 3 saturated heterocycles. The van der Waals surface area contributed by atoms with Crippen LogP contribution in [-0.4, -0.2) is 103 Å². The molecular weight excluding hydrogens is 380 g/mol. The van der Waals surface area contributed by atoms with Crippen molar-refractivity contribution >= 4 is 21.8 Å². The van der Waals surface area contributed by atoms with Gasteiger partial charge in [-0.3, -0.25) is 14.5 Å². The number of amides is 2. The van der Waals surface area contributed by atoms with Crippen LogP contribution in [0.15, 0.2) is 0 Å². The Morgan fingerprint density at radius 1 is 0.857 bits per heavy atom. The molecular formula is C19H34N4O4S. The van der Waals surface area contributed by atoms with E-state index in [1.54, 1.807) is 4.90 Å². The molecule has 0 aliphatic carbocycles. The summed E-state index contributed by atoms with van der Waals surface area (Å²) in [5.74, 6) is 0.217. The zero-order valence-electron chi connectivity index (χ0n) is 17.0. The minimum atomic E-state index is -3.36. The zero-order valence-corrected chi connectivity index (χ0v) is 17.8. The summed E-state index contributed by atoms with van der Waals surface area (Å²) in [5, 5.41) is 0. The van der Waals surface area contributed by atoms with Crippen LogP contribution in [0.4, 0.5) is 0 Å². The van der Waals surface area contributed by atoms with E-state index >= 15 is 0 Å². The van der Waals surface area contributed by atoms with Crippen molar-refractivity contribution in [3.63, 3.8) is 0 Å². The predicted molar refractivity (Wildman–Crippen MR) is 107 cm³/mol. The normalized spacial score (nSPS) is 25.2. The standard InChI is InChI=1S/C19H34N4O4S/c1-2-15-28(26,27)23-10-6-7-17(23)19(25)22-13-11-20(12-14-22)16-18(24)21-8-4-3-5-9-21/h17H,2-16H2,1H3. The van der Waals surface area contributed by atoms with Crippen LogP contribution < -0.4 is 0 Å². The lowest BCUT2D eigenvalue weighted by Crippen LogP contribution is -2.55. The van der Waals surface area contributed by atoms with Gasteiger partial charge < -0.3 is 9.80 Å². The van der Waals surface area contributed by atoms with Crippen molar-refractivity contribution in [2.24, 2.45) is 0 Å². The highest BCUT2D eigenvalue weighted by atomic mass is 32.2. The smallest absolute Gasteiger partial charge is 0.241 e. The van der Waals surface area contributed by atoms with E-state index in [1.807, 2.05) is 11.8 Å². The summed E-state index contributed by atoms with van der Waals surface area (Å²) in [6.07, 6.45) is 5.29. The van der Waals surface area contributed by atoms with E-state index in [-0.39, 0.29) is 17.6 Å². The minimum Gasteiger partial charge on any atom is -0.342 e. The maximum absolute atomic E-state index is 13.0. The van der Waals surface area contributed by atoms with Crippen LogP contribution in [0.1, 0.15) is 45.4 Å². The number of sulfonamides is 1. The predicted octanol–water partition coefficient (Wildman–Crippen LogP) is 0.347. The van der Waals surface area contributed by atoms with Gasteiger partial charge in [-0.1, -0.05) is 6.92 Å². The molecule has 3 fully saturated rings. The summed E-state index contributed by atoms with van der Waals surface area (Å²) in [6, 6.07) is -0.543. The van der Waals surface area contributed by atoms with Crippen molar-refractivity contribution in [1.29, 1.82) is 0 Å². The van der Waals surface area contributed by atoms with Gasteiger partial charge in [0.2, 0.25) is 21.8 Å². The summed E-state index contributed by atoms with van der Waals surface area (Å²) >= 11 is 0. The highest BCUT2D eigenvalue weighted by Gasteiger charge is 2.40. The first kappa shape index (κ1) is 21.5. The highest BCUT2D eigenvalue weighted by molar-refractivity contribution is 7.89. The number of hydrogen-bond acceptors (Lipinski definition) is 5. The molecule has 9 heteroatoms. The van der Waals surface area contributed by atoms with Crippen molar-refractivity contribution in [3.05, 3.63) is 0 Å². The molecule has 0 aromatic rings. The van der Waals surface area contributed by atoms with Crippen LogP contribution in [0.2, 0.25) is 0 Å². The summed E-state index contributed by atoms with van der Waals surface area (Å²) in [7, 11) is -3.36. The molecule has 3 aliphatic heterocycles. The van der Waals surface area contributed by atoms with Crippen LogP contribution in [0.25, 0.3) is 0 Å². The third kappa shape index (κ3) is 5.04. The third-order valence-electron chi connectivity index (χ3n) is 6.06. The second-order valence-corrected chi connectivity index (χ2v) is 10.2. The van der Waals surface area contributed by atoms with Gasteiger partial charge in [-0.15, -0.1) is 0 Å². The molecule has 0 spiro atoms. The molecule has 8 nitrogen and oxygen atoms in total. The zero-order chi connectivity index (χ0) is 20.1. The van der Waals surface area contributed by atoms with Crippen LogP contribution in [-0.2, 0) is 19.6 Å². The average molecular weight is 415 g/mol. The Labute approximate surface area is 168 Å². The summed E-state index contributed by atoms with van der Waals surface area (Å²) in [4.78, 5) is 31.3. The average Bonchev–Trinajstić information content (AvgIpc) is 3.19. The Morgan fingerprint density at radius 2 is 1.54 bits per heavy atom. The first-order valence-electron chi connectivity index (χ1n) is 10.7. The quantitative estimate of drug-likeness (QED) is 0.626. The topological polar surface area (TPSA) is 81.2 Å². The number of rotatable bonds is 6. The lowest BCUT2D eigenvalue weighted by molar-refractivity contribution is -0.137. The van der Waals surface area contributed by atoms with Gasteiger partial charge in [-0.2, -0.15) is 4.31 Å². The maximum Gasteiger partial charge on any atom is 0.241 e. The van der Waals surface area contributed by atoms with Crippen molar-refractivity contribution in [1.82, 2.24) is 19.0 Å². The molecule has 2 amide bonds. The van der Waals surface area contributed by atoms with Crippen LogP contribution in [0.3, 0.4) is 0 Å². The van der Waals surface area contributed by atoms with Gasteiger partial charge in [0, 0.05) is 45.8 Å². The fourth-order valence-electron chi connectivity index (χ4n) is 4.47. The van der Waals surface area contributed by atoms with Gasteiger partial charge >= 0.3 is 0 Å². The molecule has 0 bridgehead atoms. The summed E-state index contributed by atoms with van der Waals surface area (Å²) in [6.45, 7) is 6.89. The first-order valence-corrected chi connectivity index (χ1v) is 12.3. The first-order chi connectivity index (χ1) is 13.4. The molecule has 0 saturated carbocycles. The van der Waals surface area contributed by atoms with E-state index < -0.39 is 16.1 Å². The molecule has 0 radical (unpaired) electrons. The molecule has 0 N–H and O–H groups in total. The molecule has 160 valence electrons. The maximum atomic E-state index is 13.0. The number of piperazine rings is 1. The Balaban J connectivity index is 1.50. The number of carbonyl (C=O) groups excluding carboxylic acids is 2. The van der Waals surface area contributed by atoms with Crippen LogP contribution in [0.5, 0.6) is 0 Å². The van der Waals surface area contributed by atoms with Gasteiger partial charge in [-0.25, -0.2) is 8.42 Å². The summed E-state index contributed by atoms with van der Waals surface area (Å²) < 4.78 is 26.3. The number of hydrogen-bond donors (Lipinski definition) is 0. The van der Waals surface area contributed by atoms with E-state index in [9.17, 15) is 18.0 Å². The number of carbonyl (C=O) groups is 2. The number of likely N-dealkylation sites (tertiary alicyclic amines) is 1. The molecule has 28 heavy (non-hydrogen) atoms. The van der Waals surface area contributed by atoms with E-state index in [0.717, 1.165) is 32.4 Å². The Kier molecular flexibility index (Phi) is 7.33. The largest absolute Gasteiger partial charge is 0.342 e. The lowest BCUT2D eigenvalue weighted by Gasteiger charge is -2.37. The lowest BCUT2D eigenvalue weighted by atomic mass is 10.1. The van der Waals surface area contributed by atoms with Crippen molar-refractivity contribution in [2.75, 3.05) is 58.1 Å². The minimum absolute atomic E-state index is 0.0702. The van der Waals surface area contributed by atoms with Gasteiger partial charge in [-0.05, 0) is 38.5 Å². The second-order valence-electron chi connectivity index (χ2n) is 8.13. The number of piperidine rings is 1.